The number of aliphatic hydroxyl groups is 1. The first-order valence-corrected chi connectivity index (χ1v) is 12.0. The highest BCUT2D eigenvalue weighted by molar-refractivity contribution is 7.17. The number of ether oxygens (including phenoxy) is 2. The van der Waals surface area contributed by atoms with E-state index in [4.69, 9.17) is 9.47 Å². The Morgan fingerprint density at radius 2 is 1.94 bits per heavy atom. The maximum absolute atomic E-state index is 13.3. The van der Waals surface area contributed by atoms with Gasteiger partial charge in [0.05, 0.1) is 23.9 Å². The van der Waals surface area contributed by atoms with Gasteiger partial charge in [-0.2, -0.15) is 0 Å². The molecule has 2 heterocycles. The second-order valence-corrected chi connectivity index (χ2v) is 8.82. The van der Waals surface area contributed by atoms with Gasteiger partial charge in [-0.15, -0.1) is 0 Å². The van der Waals surface area contributed by atoms with Crippen molar-refractivity contribution in [1.82, 2.24) is 4.98 Å². The lowest BCUT2D eigenvalue weighted by Crippen LogP contribution is -2.29. The Bertz CT molecular complexity index is 1360. The van der Waals surface area contributed by atoms with Crippen LogP contribution in [0.2, 0.25) is 0 Å². The highest BCUT2D eigenvalue weighted by atomic mass is 32.1. The lowest BCUT2D eigenvalue weighted by Gasteiger charge is -2.23. The van der Waals surface area contributed by atoms with Crippen LogP contribution in [0.15, 0.2) is 72.8 Å². The molecule has 184 valence electrons. The highest BCUT2D eigenvalue weighted by Crippen LogP contribution is 2.44. The molecule has 1 saturated heterocycles. The van der Waals surface area contributed by atoms with Gasteiger partial charge in [0, 0.05) is 5.56 Å². The summed E-state index contributed by atoms with van der Waals surface area (Å²) in [6, 6.07) is 14.4. The van der Waals surface area contributed by atoms with Crippen LogP contribution in [0.25, 0.3) is 5.76 Å². The molecule has 1 aliphatic heterocycles. The van der Waals surface area contributed by atoms with E-state index in [0.29, 0.717) is 22.6 Å². The summed E-state index contributed by atoms with van der Waals surface area (Å²) in [6.45, 7) is 7.42. The van der Waals surface area contributed by atoms with Crippen LogP contribution >= 0.6 is 11.3 Å². The van der Waals surface area contributed by atoms with Crippen molar-refractivity contribution in [2.24, 2.45) is 0 Å². The maximum atomic E-state index is 13.3. The largest absolute Gasteiger partial charge is 0.507 e. The number of hydrogen-bond acceptors (Lipinski definition) is 8. The second kappa shape index (κ2) is 10.6. The predicted octanol–water partition coefficient (Wildman–Crippen LogP) is 4.82. The molecular formula is C27H24N2O6S. The molecule has 0 aliphatic carbocycles. The Morgan fingerprint density at radius 3 is 2.64 bits per heavy atom. The number of Topliss-reactive ketones (excluding diaryl/α,β-unsaturated/α-hetero) is 1. The number of carbonyl (C=O) groups is 3. The quantitative estimate of drug-likeness (QED) is 0.154. The van der Waals surface area contributed by atoms with E-state index < -0.39 is 23.7 Å². The number of carbonyl (C=O) groups excluding carboxylic acids is 3. The summed E-state index contributed by atoms with van der Waals surface area (Å²) in [5.74, 6) is -2.09. The first kappa shape index (κ1) is 24.9. The molecule has 3 aromatic rings. The van der Waals surface area contributed by atoms with E-state index in [1.54, 1.807) is 74.5 Å². The molecule has 2 aromatic carbocycles. The van der Waals surface area contributed by atoms with Gasteiger partial charge < -0.3 is 14.6 Å². The second-order valence-electron chi connectivity index (χ2n) is 7.84. The molecule has 8 nitrogen and oxygen atoms in total. The number of amides is 1. The number of thiazole rings is 1. The molecule has 36 heavy (non-hydrogen) atoms. The Morgan fingerprint density at radius 1 is 1.19 bits per heavy atom. The van der Waals surface area contributed by atoms with Gasteiger partial charge in [0.2, 0.25) is 0 Å². The monoisotopic (exact) mass is 504 g/mol. The van der Waals surface area contributed by atoms with Crippen molar-refractivity contribution in [2.75, 3.05) is 18.1 Å². The van der Waals surface area contributed by atoms with E-state index in [1.165, 1.54) is 4.90 Å². The summed E-state index contributed by atoms with van der Waals surface area (Å²) < 4.78 is 10.8. The molecule has 1 unspecified atom stereocenters. The first-order valence-electron chi connectivity index (χ1n) is 11.2. The average molecular weight is 505 g/mol. The number of esters is 1. The van der Waals surface area contributed by atoms with Crippen LogP contribution in [0.4, 0.5) is 5.13 Å². The summed E-state index contributed by atoms with van der Waals surface area (Å²) in [7, 11) is 0. The van der Waals surface area contributed by atoms with Crippen LogP contribution in [0.1, 0.15) is 39.5 Å². The van der Waals surface area contributed by atoms with E-state index >= 15 is 0 Å². The van der Waals surface area contributed by atoms with Crippen LogP contribution in [0.5, 0.6) is 5.75 Å². The number of ketones is 1. The number of hydrogen-bond donors (Lipinski definition) is 1. The zero-order chi connectivity index (χ0) is 25.8. The van der Waals surface area contributed by atoms with Crippen LogP contribution < -0.4 is 9.64 Å². The van der Waals surface area contributed by atoms with Gasteiger partial charge in [-0.05, 0) is 31.5 Å². The van der Waals surface area contributed by atoms with Crippen molar-refractivity contribution in [1.29, 1.82) is 0 Å². The third-order valence-electron chi connectivity index (χ3n) is 5.49. The van der Waals surface area contributed by atoms with E-state index in [9.17, 15) is 19.5 Å². The first-order chi connectivity index (χ1) is 17.4. The Hall–Kier alpha value is -4.24. The van der Waals surface area contributed by atoms with Crippen LogP contribution in [0.3, 0.4) is 0 Å². The van der Waals surface area contributed by atoms with Crippen molar-refractivity contribution >= 4 is 39.9 Å². The minimum absolute atomic E-state index is 0.0855. The molecule has 1 aromatic heterocycles. The van der Waals surface area contributed by atoms with E-state index in [2.05, 4.69) is 11.6 Å². The third kappa shape index (κ3) is 4.65. The topological polar surface area (TPSA) is 106 Å². The lowest BCUT2D eigenvalue weighted by molar-refractivity contribution is -0.132. The van der Waals surface area contributed by atoms with E-state index in [0.717, 1.165) is 11.3 Å². The highest BCUT2D eigenvalue weighted by Gasteiger charge is 2.48. The smallest absolute Gasteiger partial charge is 0.350 e. The van der Waals surface area contributed by atoms with Gasteiger partial charge in [-0.25, -0.2) is 9.78 Å². The lowest BCUT2D eigenvalue weighted by atomic mass is 9.95. The molecule has 1 fully saturated rings. The number of nitrogens with zero attached hydrogens (tertiary/aromatic N) is 2. The Kier molecular flexibility index (Phi) is 7.30. The number of aryl methyl sites for hydroxylation is 1. The zero-order valence-corrected chi connectivity index (χ0v) is 20.6. The van der Waals surface area contributed by atoms with Crippen molar-refractivity contribution < 1.29 is 29.0 Å². The Labute approximate surface area is 212 Å². The fourth-order valence-electron chi connectivity index (χ4n) is 3.90. The third-order valence-corrected chi connectivity index (χ3v) is 6.62. The number of anilines is 1. The number of aliphatic hydroxyl groups excluding tert-OH is 1. The minimum atomic E-state index is -1.00. The van der Waals surface area contributed by atoms with Crippen molar-refractivity contribution in [2.45, 2.75) is 19.9 Å². The van der Waals surface area contributed by atoms with E-state index in [1.807, 2.05) is 0 Å². The molecule has 1 atom stereocenters. The van der Waals surface area contributed by atoms with Gasteiger partial charge in [-0.1, -0.05) is 66.5 Å². The minimum Gasteiger partial charge on any atom is -0.507 e. The van der Waals surface area contributed by atoms with Crippen LogP contribution in [-0.2, 0) is 14.3 Å². The Balaban J connectivity index is 1.90. The molecule has 0 radical (unpaired) electrons. The van der Waals surface area contributed by atoms with Crippen LogP contribution in [-0.4, -0.2) is 41.0 Å². The predicted molar refractivity (Wildman–Crippen MR) is 136 cm³/mol. The number of benzene rings is 2. The van der Waals surface area contributed by atoms with Gasteiger partial charge in [0.25, 0.3) is 5.78 Å². The maximum Gasteiger partial charge on any atom is 0.350 e. The van der Waals surface area contributed by atoms with Gasteiger partial charge in [0.1, 0.15) is 23.0 Å². The van der Waals surface area contributed by atoms with Gasteiger partial charge in [0.15, 0.2) is 5.13 Å². The summed E-state index contributed by atoms with van der Waals surface area (Å²) in [6.07, 6.45) is 1.60. The zero-order valence-electron chi connectivity index (χ0n) is 19.8. The molecular weight excluding hydrogens is 480 g/mol. The summed E-state index contributed by atoms with van der Waals surface area (Å²) in [5.41, 5.74) is 1.21. The molecule has 1 aliphatic rings. The molecule has 1 amide bonds. The SMILES string of the molecule is C=CCOc1cccc(C2/C(=C(\O)c3ccccc3)C(=O)C(=O)N2c2nc(C)c(C(=O)OCC)s2)c1. The van der Waals surface area contributed by atoms with Crippen molar-refractivity contribution in [3.8, 4) is 5.75 Å². The number of aromatic nitrogens is 1. The van der Waals surface area contributed by atoms with Crippen molar-refractivity contribution in [3.05, 3.63) is 94.5 Å². The summed E-state index contributed by atoms with van der Waals surface area (Å²) >= 11 is 0.955. The van der Waals surface area contributed by atoms with E-state index in [-0.39, 0.29) is 34.6 Å². The van der Waals surface area contributed by atoms with Crippen LogP contribution in [0, 0.1) is 6.92 Å². The van der Waals surface area contributed by atoms with Gasteiger partial charge >= 0.3 is 11.9 Å². The summed E-state index contributed by atoms with van der Waals surface area (Å²) in [4.78, 5) is 44.9. The molecule has 1 N–H and O–H groups in total. The standard InChI is InChI=1S/C27H24N2O6S/c1-4-14-35-19-13-9-12-18(15-19)21-20(22(30)17-10-7-6-8-11-17)23(31)25(32)29(21)27-28-16(3)24(36-27)26(33)34-5-2/h4,6-13,15,21,30H,1,5,14H2,2-3H3/b22-20+. The fourth-order valence-corrected chi connectivity index (χ4v) is 4.88. The molecule has 9 heteroatoms. The normalized spacial score (nSPS) is 16.7. The molecule has 4 rings (SSSR count). The molecule has 0 saturated carbocycles. The average Bonchev–Trinajstić information content (AvgIpc) is 3.40. The van der Waals surface area contributed by atoms with Crippen molar-refractivity contribution in [3.63, 3.8) is 0 Å². The van der Waals surface area contributed by atoms with Gasteiger partial charge in [-0.3, -0.25) is 14.5 Å². The molecule has 0 bridgehead atoms. The number of rotatable bonds is 8. The summed E-state index contributed by atoms with van der Waals surface area (Å²) in [5, 5.41) is 11.3. The fraction of sp³-hybridized carbons (Fsp3) is 0.185. The molecule has 0 spiro atoms.